The summed E-state index contributed by atoms with van der Waals surface area (Å²) in [6.45, 7) is 2.19. The van der Waals surface area contributed by atoms with Gasteiger partial charge in [0.2, 0.25) is 0 Å². The van der Waals surface area contributed by atoms with Crippen LogP contribution in [-0.4, -0.2) is 6.11 Å². The predicted octanol–water partition coefficient (Wildman–Crippen LogP) is 10.2. The van der Waals surface area contributed by atoms with Crippen LogP contribution in [0, 0.1) is 23.4 Å². The van der Waals surface area contributed by atoms with E-state index in [4.69, 9.17) is 0 Å². The van der Waals surface area contributed by atoms with Gasteiger partial charge >= 0.3 is 6.11 Å². The zero-order valence-corrected chi connectivity index (χ0v) is 20.5. The third-order valence-electron chi connectivity index (χ3n) is 6.60. The quantitative estimate of drug-likeness (QED) is 0.261. The summed E-state index contributed by atoms with van der Waals surface area (Å²) in [5.41, 5.74) is 3.25. The molecular weight excluding hydrogens is 509 g/mol. The molecule has 1 unspecified atom stereocenters. The monoisotopic (exact) mass is 534 g/mol. The molecule has 38 heavy (non-hydrogen) atoms. The zero-order valence-electron chi connectivity index (χ0n) is 20.5. The maximum Gasteiger partial charge on any atom is 0.425 e. The molecule has 3 aromatic carbocycles. The Balaban J connectivity index is 1.53. The second-order valence-corrected chi connectivity index (χ2v) is 9.30. The lowest BCUT2D eigenvalue weighted by Gasteiger charge is -2.21. The molecule has 0 N–H and O–H groups in total. The number of alkyl halides is 2. The summed E-state index contributed by atoms with van der Waals surface area (Å²) in [4.78, 5) is 0. The molecule has 0 aliphatic heterocycles. The van der Waals surface area contributed by atoms with E-state index in [0.29, 0.717) is 17.7 Å². The second kappa shape index (κ2) is 11.5. The molecule has 0 bridgehead atoms. The lowest BCUT2D eigenvalue weighted by atomic mass is 9.84. The third kappa shape index (κ3) is 6.47. The van der Waals surface area contributed by atoms with Gasteiger partial charge in [0, 0.05) is 5.56 Å². The van der Waals surface area contributed by atoms with Crippen LogP contribution >= 0.6 is 0 Å². The highest BCUT2D eigenvalue weighted by Crippen LogP contribution is 2.36. The van der Waals surface area contributed by atoms with Crippen LogP contribution < -0.4 is 4.74 Å². The molecule has 200 valence electrons. The van der Waals surface area contributed by atoms with E-state index in [1.54, 1.807) is 6.07 Å². The molecule has 0 amide bonds. The molecule has 1 atom stereocenters. The van der Waals surface area contributed by atoms with E-state index in [-0.39, 0.29) is 11.1 Å². The Morgan fingerprint density at radius 3 is 2.03 bits per heavy atom. The van der Waals surface area contributed by atoms with Crippen LogP contribution in [0.4, 0.5) is 30.7 Å². The maximum absolute atomic E-state index is 15.0. The van der Waals surface area contributed by atoms with E-state index < -0.39 is 41.5 Å². The summed E-state index contributed by atoms with van der Waals surface area (Å²) in [5, 5.41) is 0. The first kappa shape index (κ1) is 27.5. The van der Waals surface area contributed by atoms with E-state index in [1.165, 1.54) is 30.5 Å². The van der Waals surface area contributed by atoms with Crippen molar-refractivity contribution in [2.24, 2.45) is 5.92 Å². The molecule has 0 aromatic heterocycles. The van der Waals surface area contributed by atoms with Gasteiger partial charge in [-0.3, -0.25) is 0 Å². The number of hydrogen-bond donors (Lipinski definition) is 0. The van der Waals surface area contributed by atoms with Gasteiger partial charge in [-0.2, -0.15) is 17.6 Å². The van der Waals surface area contributed by atoms with Crippen molar-refractivity contribution in [3.8, 4) is 28.0 Å². The smallest absolute Gasteiger partial charge is 0.423 e. The van der Waals surface area contributed by atoms with E-state index in [1.807, 2.05) is 24.3 Å². The van der Waals surface area contributed by atoms with Gasteiger partial charge < -0.3 is 4.74 Å². The molecule has 1 aliphatic rings. The molecule has 0 fully saturated rings. The highest BCUT2D eigenvalue weighted by atomic mass is 19.3. The van der Waals surface area contributed by atoms with Gasteiger partial charge in [0.1, 0.15) is 5.82 Å². The number of ether oxygens (including phenoxy) is 1. The molecule has 8 heteroatoms. The van der Waals surface area contributed by atoms with Gasteiger partial charge in [-0.25, -0.2) is 13.2 Å². The SMILES string of the molecule is CCCC1CC=C(c2ccc(-c3ccc(-c4cc(F)c(OC(F)(F)C=C(F)F)c(F)c4)c(F)c3)cc2)CC1. The summed E-state index contributed by atoms with van der Waals surface area (Å²) >= 11 is 0. The summed E-state index contributed by atoms with van der Waals surface area (Å²) in [6, 6.07) is 13.0. The third-order valence-corrected chi connectivity index (χ3v) is 6.60. The van der Waals surface area contributed by atoms with E-state index in [9.17, 15) is 30.7 Å². The van der Waals surface area contributed by atoms with E-state index in [2.05, 4.69) is 17.7 Å². The topological polar surface area (TPSA) is 9.23 Å². The normalized spacial score (nSPS) is 15.7. The van der Waals surface area contributed by atoms with Crippen LogP contribution in [0.25, 0.3) is 27.8 Å². The highest BCUT2D eigenvalue weighted by molar-refractivity contribution is 5.74. The molecule has 0 radical (unpaired) electrons. The van der Waals surface area contributed by atoms with Crippen LogP contribution in [0.2, 0.25) is 0 Å². The molecule has 0 saturated heterocycles. The number of halogens is 7. The van der Waals surface area contributed by atoms with E-state index in [0.717, 1.165) is 36.3 Å². The minimum Gasteiger partial charge on any atom is -0.423 e. The maximum atomic E-state index is 15.0. The Morgan fingerprint density at radius 1 is 0.868 bits per heavy atom. The molecule has 1 aliphatic carbocycles. The lowest BCUT2D eigenvalue weighted by molar-refractivity contribution is -0.137. The molecule has 3 aromatic rings. The average Bonchev–Trinajstić information content (AvgIpc) is 2.86. The van der Waals surface area contributed by atoms with Crippen LogP contribution in [0.3, 0.4) is 0 Å². The Bertz CT molecular complexity index is 1330. The van der Waals surface area contributed by atoms with Crippen molar-refractivity contribution in [3.05, 3.63) is 95.8 Å². The zero-order chi connectivity index (χ0) is 27.4. The van der Waals surface area contributed by atoms with Crippen molar-refractivity contribution in [1.82, 2.24) is 0 Å². The number of rotatable bonds is 8. The fraction of sp³-hybridized carbons (Fsp3) is 0.267. The van der Waals surface area contributed by atoms with E-state index >= 15 is 0 Å². The van der Waals surface area contributed by atoms with Gasteiger partial charge in [-0.05, 0) is 71.2 Å². The van der Waals surface area contributed by atoms with Gasteiger partial charge in [0.25, 0.3) is 6.08 Å². The molecular formula is C30H25F7O. The van der Waals surface area contributed by atoms with Gasteiger partial charge in [0.15, 0.2) is 17.4 Å². The van der Waals surface area contributed by atoms with Gasteiger partial charge in [0.05, 0.1) is 6.08 Å². The Hall–Kier alpha value is -3.55. The van der Waals surface area contributed by atoms with Gasteiger partial charge in [-0.1, -0.05) is 62.2 Å². The standard InChI is InChI=1S/C30H25F7O/c1-2-3-18-4-6-19(7-5-18)20-8-10-21(11-9-20)22-12-13-24(25(31)14-22)23-15-26(32)29(27(33)16-23)38-30(36,37)17-28(34)35/h6,8-18H,2-5,7H2,1H3. The summed E-state index contributed by atoms with van der Waals surface area (Å²) in [7, 11) is 0. The van der Waals surface area contributed by atoms with Crippen molar-refractivity contribution >= 4 is 5.57 Å². The minimum absolute atomic E-state index is 0.176. The predicted molar refractivity (Wildman–Crippen MR) is 133 cm³/mol. The number of allylic oxidation sites excluding steroid dienone is 2. The van der Waals surface area contributed by atoms with Crippen molar-refractivity contribution in [1.29, 1.82) is 0 Å². The summed E-state index contributed by atoms with van der Waals surface area (Å²) < 4.78 is 98.6. The molecule has 0 heterocycles. The molecule has 1 nitrogen and oxygen atoms in total. The minimum atomic E-state index is -4.64. The Labute approximate surface area is 216 Å². The summed E-state index contributed by atoms with van der Waals surface area (Å²) in [5.74, 6) is -4.79. The van der Waals surface area contributed by atoms with Crippen LogP contribution in [0.1, 0.15) is 44.6 Å². The number of hydrogen-bond acceptors (Lipinski definition) is 1. The largest absolute Gasteiger partial charge is 0.425 e. The first-order chi connectivity index (χ1) is 18.1. The number of benzene rings is 3. The van der Waals surface area contributed by atoms with Gasteiger partial charge in [-0.15, -0.1) is 0 Å². The fourth-order valence-electron chi connectivity index (χ4n) is 4.73. The Kier molecular flexibility index (Phi) is 8.29. The first-order valence-corrected chi connectivity index (χ1v) is 12.3. The van der Waals surface area contributed by atoms with Crippen LogP contribution in [-0.2, 0) is 0 Å². The Morgan fingerprint density at radius 2 is 1.47 bits per heavy atom. The first-order valence-electron chi connectivity index (χ1n) is 12.3. The van der Waals surface area contributed by atoms with Crippen LogP contribution in [0.5, 0.6) is 5.75 Å². The second-order valence-electron chi connectivity index (χ2n) is 9.30. The molecule has 4 rings (SSSR count). The molecule has 0 saturated carbocycles. The highest BCUT2D eigenvalue weighted by Gasteiger charge is 2.33. The van der Waals surface area contributed by atoms with Crippen molar-refractivity contribution in [2.75, 3.05) is 0 Å². The molecule has 0 spiro atoms. The van der Waals surface area contributed by atoms with Crippen LogP contribution in [0.15, 0.2) is 72.8 Å². The average molecular weight is 535 g/mol. The fourth-order valence-corrected chi connectivity index (χ4v) is 4.73. The van der Waals surface area contributed by atoms with Crippen molar-refractivity contribution in [2.45, 2.75) is 45.1 Å². The van der Waals surface area contributed by atoms with Crippen molar-refractivity contribution in [3.63, 3.8) is 0 Å². The lowest BCUT2D eigenvalue weighted by Crippen LogP contribution is -2.23. The summed E-state index contributed by atoms with van der Waals surface area (Å²) in [6.07, 6.45) is -0.339. The van der Waals surface area contributed by atoms with Crippen molar-refractivity contribution < 1.29 is 35.5 Å².